The van der Waals surface area contributed by atoms with Crippen LogP contribution in [0.25, 0.3) is 11.3 Å². The molecule has 0 saturated carbocycles. The quantitative estimate of drug-likeness (QED) is 0.704. The largest absolute Gasteiger partial charge is 0.372 e. The van der Waals surface area contributed by atoms with Crippen LogP contribution in [0, 0.1) is 6.92 Å². The van der Waals surface area contributed by atoms with Crippen molar-refractivity contribution < 1.29 is 4.79 Å². The fraction of sp³-hybridized carbons (Fsp3) is 0.292. The first-order valence-electron chi connectivity index (χ1n) is 10.4. The summed E-state index contributed by atoms with van der Waals surface area (Å²) >= 11 is 0. The van der Waals surface area contributed by atoms with Crippen molar-refractivity contribution in [1.29, 1.82) is 0 Å². The number of para-hydroxylation sites is 1. The van der Waals surface area contributed by atoms with Gasteiger partial charge in [0, 0.05) is 36.1 Å². The number of amides is 1. The maximum Gasteiger partial charge on any atom is 0.267 e. The zero-order chi connectivity index (χ0) is 20.9. The third-order valence-electron chi connectivity index (χ3n) is 5.46. The van der Waals surface area contributed by atoms with E-state index >= 15 is 0 Å². The Kier molecular flexibility index (Phi) is 5.93. The Morgan fingerprint density at radius 3 is 2.43 bits per heavy atom. The van der Waals surface area contributed by atoms with Crippen molar-refractivity contribution in [3.05, 3.63) is 76.6 Å². The van der Waals surface area contributed by atoms with Crippen molar-refractivity contribution in [1.82, 2.24) is 9.78 Å². The van der Waals surface area contributed by atoms with Crippen LogP contribution in [0.3, 0.4) is 0 Å². The van der Waals surface area contributed by atoms with E-state index in [-0.39, 0.29) is 18.0 Å². The number of carbonyl (C=O) groups excluding carboxylic acids is 1. The molecule has 1 saturated heterocycles. The monoisotopic (exact) mass is 402 g/mol. The lowest BCUT2D eigenvalue weighted by Crippen LogP contribution is -2.29. The summed E-state index contributed by atoms with van der Waals surface area (Å²) in [5, 5.41) is 7.26. The number of benzene rings is 2. The van der Waals surface area contributed by atoms with Gasteiger partial charge in [0.1, 0.15) is 6.54 Å². The molecule has 1 aromatic heterocycles. The first kappa shape index (κ1) is 19.9. The van der Waals surface area contributed by atoms with Crippen molar-refractivity contribution in [2.24, 2.45) is 0 Å². The second-order valence-corrected chi connectivity index (χ2v) is 7.67. The molecule has 3 aromatic rings. The van der Waals surface area contributed by atoms with E-state index in [4.69, 9.17) is 0 Å². The van der Waals surface area contributed by atoms with E-state index < -0.39 is 0 Å². The molecule has 0 unspecified atom stereocenters. The first-order valence-corrected chi connectivity index (χ1v) is 10.4. The Bertz CT molecular complexity index is 1080. The molecule has 2 aromatic carbocycles. The lowest BCUT2D eigenvalue weighted by atomic mass is 10.1. The molecule has 4 rings (SSSR count). The highest BCUT2D eigenvalue weighted by atomic mass is 16.2. The van der Waals surface area contributed by atoms with Crippen molar-refractivity contribution in [3.8, 4) is 11.3 Å². The van der Waals surface area contributed by atoms with Crippen LogP contribution in [0.2, 0.25) is 0 Å². The number of nitrogens with one attached hydrogen (secondary N) is 1. The fourth-order valence-corrected chi connectivity index (χ4v) is 3.75. The molecule has 1 aliphatic heterocycles. The highest BCUT2D eigenvalue weighted by Gasteiger charge is 2.12. The summed E-state index contributed by atoms with van der Waals surface area (Å²) in [7, 11) is 0. The summed E-state index contributed by atoms with van der Waals surface area (Å²) in [4.78, 5) is 27.1. The second kappa shape index (κ2) is 8.95. The van der Waals surface area contributed by atoms with Gasteiger partial charge in [-0.25, -0.2) is 4.68 Å². The normalized spacial score (nSPS) is 13.8. The number of carbonyl (C=O) groups is 1. The summed E-state index contributed by atoms with van der Waals surface area (Å²) in [6.45, 7) is 3.98. The van der Waals surface area contributed by atoms with Crippen LogP contribution >= 0.6 is 0 Å². The number of anilines is 2. The molecule has 0 spiro atoms. The smallest absolute Gasteiger partial charge is 0.267 e. The van der Waals surface area contributed by atoms with Crippen LogP contribution in [0.1, 0.15) is 24.8 Å². The van der Waals surface area contributed by atoms with Gasteiger partial charge >= 0.3 is 0 Å². The third-order valence-corrected chi connectivity index (χ3v) is 5.46. The fourth-order valence-electron chi connectivity index (χ4n) is 3.75. The van der Waals surface area contributed by atoms with Crippen LogP contribution in [0.15, 0.2) is 65.5 Å². The minimum Gasteiger partial charge on any atom is -0.372 e. The van der Waals surface area contributed by atoms with Gasteiger partial charge in [-0.15, -0.1) is 0 Å². The zero-order valence-electron chi connectivity index (χ0n) is 17.2. The number of aryl methyl sites for hydroxylation is 1. The Balaban J connectivity index is 1.49. The Morgan fingerprint density at radius 2 is 1.70 bits per heavy atom. The summed E-state index contributed by atoms with van der Waals surface area (Å²) < 4.78 is 1.21. The molecular formula is C24H26N4O2. The predicted molar refractivity (Wildman–Crippen MR) is 120 cm³/mol. The van der Waals surface area contributed by atoms with Crippen LogP contribution in [0.4, 0.5) is 11.4 Å². The molecule has 30 heavy (non-hydrogen) atoms. The van der Waals surface area contributed by atoms with Gasteiger partial charge in [-0.2, -0.15) is 5.10 Å². The molecule has 1 amide bonds. The Labute approximate surface area is 176 Å². The van der Waals surface area contributed by atoms with Crippen molar-refractivity contribution >= 4 is 17.3 Å². The van der Waals surface area contributed by atoms with Gasteiger partial charge in [0.05, 0.1) is 5.69 Å². The van der Waals surface area contributed by atoms with Crippen molar-refractivity contribution in [3.63, 3.8) is 0 Å². The number of nitrogens with zero attached hydrogens (tertiary/aromatic N) is 3. The van der Waals surface area contributed by atoms with Gasteiger partial charge in [0.15, 0.2) is 0 Å². The number of rotatable bonds is 5. The van der Waals surface area contributed by atoms with Crippen LogP contribution in [-0.2, 0) is 11.3 Å². The molecule has 0 aliphatic carbocycles. The summed E-state index contributed by atoms with van der Waals surface area (Å²) in [6, 6.07) is 18.9. The molecule has 0 atom stereocenters. The molecule has 1 N–H and O–H groups in total. The topological polar surface area (TPSA) is 67.2 Å². The molecule has 0 radical (unpaired) electrons. The number of piperidine rings is 1. The second-order valence-electron chi connectivity index (χ2n) is 7.67. The third kappa shape index (κ3) is 4.59. The van der Waals surface area contributed by atoms with E-state index in [1.165, 1.54) is 35.7 Å². The molecule has 154 valence electrons. The minimum absolute atomic E-state index is 0.132. The lowest BCUT2D eigenvalue weighted by Gasteiger charge is -2.28. The highest BCUT2D eigenvalue weighted by Crippen LogP contribution is 2.23. The van der Waals surface area contributed by atoms with Gasteiger partial charge in [-0.1, -0.05) is 30.3 Å². The van der Waals surface area contributed by atoms with E-state index in [0.717, 1.165) is 29.9 Å². The van der Waals surface area contributed by atoms with E-state index in [2.05, 4.69) is 27.4 Å². The van der Waals surface area contributed by atoms with Gasteiger partial charge < -0.3 is 10.2 Å². The van der Waals surface area contributed by atoms with E-state index in [9.17, 15) is 9.59 Å². The van der Waals surface area contributed by atoms with Gasteiger partial charge in [-0.3, -0.25) is 9.59 Å². The average molecular weight is 402 g/mol. The number of hydrogen-bond donors (Lipinski definition) is 1. The minimum atomic E-state index is -0.302. The molecular weight excluding hydrogens is 376 g/mol. The SMILES string of the molecule is Cc1ccccc1NC(=O)Cn1nc(-c2ccc(N3CCCCC3)cc2)ccc1=O. The molecule has 1 aliphatic rings. The van der Waals surface area contributed by atoms with E-state index in [0.29, 0.717) is 5.69 Å². The Morgan fingerprint density at radius 1 is 0.967 bits per heavy atom. The molecule has 2 heterocycles. The zero-order valence-corrected chi connectivity index (χ0v) is 17.2. The standard InChI is InChI=1S/C24H26N4O2/c1-18-7-3-4-8-21(18)25-23(29)17-28-24(30)14-13-22(26-28)19-9-11-20(12-10-19)27-15-5-2-6-16-27/h3-4,7-14H,2,5-6,15-17H2,1H3,(H,25,29). The summed E-state index contributed by atoms with van der Waals surface area (Å²) in [6.07, 6.45) is 3.77. The van der Waals surface area contributed by atoms with Crippen LogP contribution in [-0.4, -0.2) is 28.8 Å². The van der Waals surface area contributed by atoms with Crippen molar-refractivity contribution in [2.45, 2.75) is 32.7 Å². The molecule has 6 nitrogen and oxygen atoms in total. The molecule has 0 bridgehead atoms. The van der Waals surface area contributed by atoms with Gasteiger partial charge in [0.25, 0.3) is 5.56 Å². The maximum absolute atomic E-state index is 12.4. The first-order chi connectivity index (χ1) is 14.6. The maximum atomic E-state index is 12.4. The molecule has 6 heteroatoms. The lowest BCUT2D eigenvalue weighted by molar-refractivity contribution is -0.117. The summed E-state index contributed by atoms with van der Waals surface area (Å²) in [5.41, 5.74) is 4.20. The predicted octanol–water partition coefficient (Wildman–Crippen LogP) is 3.85. The van der Waals surface area contributed by atoms with E-state index in [1.54, 1.807) is 6.07 Å². The van der Waals surface area contributed by atoms with Gasteiger partial charge in [-0.05, 0) is 56.0 Å². The molecule has 1 fully saturated rings. The van der Waals surface area contributed by atoms with Gasteiger partial charge in [0.2, 0.25) is 5.91 Å². The van der Waals surface area contributed by atoms with E-state index in [1.807, 2.05) is 43.3 Å². The number of hydrogen-bond acceptors (Lipinski definition) is 4. The van der Waals surface area contributed by atoms with Crippen LogP contribution in [0.5, 0.6) is 0 Å². The van der Waals surface area contributed by atoms with Crippen LogP contribution < -0.4 is 15.8 Å². The summed E-state index contributed by atoms with van der Waals surface area (Å²) in [5.74, 6) is -0.281. The number of aromatic nitrogens is 2. The highest BCUT2D eigenvalue weighted by molar-refractivity contribution is 5.91. The van der Waals surface area contributed by atoms with Crippen molar-refractivity contribution in [2.75, 3.05) is 23.3 Å². The Hall–Kier alpha value is -3.41. The average Bonchev–Trinajstić information content (AvgIpc) is 2.78.